The molecule has 4 nitrogen and oxygen atoms in total. The van der Waals surface area contributed by atoms with E-state index in [1.165, 1.54) is 12.4 Å². The van der Waals surface area contributed by atoms with Crippen LogP contribution in [0.5, 0.6) is 0 Å². The Labute approximate surface area is 105 Å². The largest absolute Gasteiger partial charge is 0.385 e. The zero-order chi connectivity index (χ0) is 12.8. The second-order valence-electron chi connectivity index (χ2n) is 3.84. The quantitative estimate of drug-likeness (QED) is 0.850. The average molecular weight is 246 g/mol. The minimum absolute atomic E-state index is 0.310. The highest BCUT2D eigenvalue weighted by Crippen LogP contribution is 2.21. The van der Waals surface area contributed by atoms with Gasteiger partial charge in [0.1, 0.15) is 18.0 Å². The Kier molecular flexibility index (Phi) is 4.06. The molecule has 2 rings (SSSR count). The third-order valence-electron chi connectivity index (χ3n) is 2.39. The zero-order valence-corrected chi connectivity index (χ0v) is 10.2. The monoisotopic (exact) mass is 246 g/mol. The first-order chi connectivity index (χ1) is 8.79. The summed E-state index contributed by atoms with van der Waals surface area (Å²) in [5, 5.41) is 6.03. The fourth-order valence-corrected chi connectivity index (χ4v) is 1.50. The Bertz CT molecular complexity index is 502. The molecule has 0 atom stereocenters. The molecule has 2 aromatic rings. The molecule has 5 heteroatoms. The molecule has 94 valence electrons. The first-order valence-corrected chi connectivity index (χ1v) is 5.86. The van der Waals surface area contributed by atoms with Gasteiger partial charge >= 0.3 is 0 Å². The third-order valence-corrected chi connectivity index (χ3v) is 2.39. The van der Waals surface area contributed by atoms with Gasteiger partial charge in [0.15, 0.2) is 0 Å². The molecule has 18 heavy (non-hydrogen) atoms. The molecule has 0 aliphatic rings. The van der Waals surface area contributed by atoms with Crippen LogP contribution in [0.3, 0.4) is 0 Å². The van der Waals surface area contributed by atoms with Crippen LogP contribution in [0.2, 0.25) is 0 Å². The van der Waals surface area contributed by atoms with Gasteiger partial charge in [-0.2, -0.15) is 0 Å². The Balaban J connectivity index is 2.10. The van der Waals surface area contributed by atoms with Crippen LogP contribution < -0.4 is 10.6 Å². The SMILES string of the molecule is CCCNc1ccc(Nc2ccncn2)c(F)c1. The normalized spacial score (nSPS) is 10.1. The number of nitrogens with zero attached hydrogens (tertiary/aromatic N) is 2. The van der Waals surface area contributed by atoms with Gasteiger partial charge in [-0.05, 0) is 30.7 Å². The van der Waals surface area contributed by atoms with Gasteiger partial charge in [0.25, 0.3) is 0 Å². The van der Waals surface area contributed by atoms with Gasteiger partial charge in [-0.1, -0.05) is 6.92 Å². The molecule has 0 saturated carbocycles. The lowest BCUT2D eigenvalue weighted by Crippen LogP contribution is -2.01. The van der Waals surface area contributed by atoms with E-state index in [1.807, 2.05) is 6.07 Å². The highest BCUT2D eigenvalue weighted by molar-refractivity contribution is 5.60. The van der Waals surface area contributed by atoms with Crippen molar-refractivity contribution in [1.82, 2.24) is 9.97 Å². The van der Waals surface area contributed by atoms with Gasteiger partial charge in [-0.15, -0.1) is 0 Å². The van der Waals surface area contributed by atoms with Crippen molar-refractivity contribution in [2.24, 2.45) is 0 Å². The van der Waals surface area contributed by atoms with Crippen molar-refractivity contribution in [3.05, 3.63) is 42.6 Å². The summed E-state index contributed by atoms with van der Waals surface area (Å²) in [4.78, 5) is 7.79. The van der Waals surface area contributed by atoms with E-state index >= 15 is 0 Å². The summed E-state index contributed by atoms with van der Waals surface area (Å²) in [5.41, 5.74) is 1.18. The molecular formula is C13H15FN4. The maximum Gasteiger partial charge on any atom is 0.148 e. The Morgan fingerprint density at radius 1 is 1.28 bits per heavy atom. The second kappa shape index (κ2) is 5.95. The topological polar surface area (TPSA) is 49.8 Å². The molecule has 1 aromatic heterocycles. The van der Waals surface area contributed by atoms with Gasteiger partial charge in [-0.3, -0.25) is 0 Å². The van der Waals surface area contributed by atoms with Crippen LogP contribution >= 0.6 is 0 Å². The van der Waals surface area contributed by atoms with Crippen molar-refractivity contribution >= 4 is 17.2 Å². The van der Waals surface area contributed by atoms with Gasteiger partial charge in [0.2, 0.25) is 0 Å². The Morgan fingerprint density at radius 2 is 2.17 bits per heavy atom. The van der Waals surface area contributed by atoms with Crippen molar-refractivity contribution in [1.29, 1.82) is 0 Å². The standard InChI is InChI=1S/C13H15FN4/c1-2-6-16-10-3-4-12(11(14)8-10)18-13-5-7-15-9-17-13/h3-5,7-9,16H,2,6H2,1H3,(H,15,17,18). The number of anilines is 3. The number of hydrogen-bond acceptors (Lipinski definition) is 4. The van der Waals surface area contributed by atoms with Crippen molar-refractivity contribution < 1.29 is 4.39 Å². The fraction of sp³-hybridized carbons (Fsp3) is 0.231. The van der Waals surface area contributed by atoms with Crippen LogP contribution in [0.15, 0.2) is 36.8 Å². The molecule has 0 radical (unpaired) electrons. The van der Waals surface area contributed by atoms with Crippen molar-refractivity contribution in [3.63, 3.8) is 0 Å². The van der Waals surface area contributed by atoms with E-state index in [9.17, 15) is 4.39 Å². The number of aromatic nitrogens is 2. The van der Waals surface area contributed by atoms with E-state index in [2.05, 4.69) is 27.5 Å². The van der Waals surface area contributed by atoms with E-state index in [4.69, 9.17) is 0 Å². The molecular weight excluding hydrogens is 231 g/mol. The summed E-state index contributed by atoms with van der Waals surface area (Å²) in [6.45, 7) is 2.90. The van der Waals surface area contributed by atoms with Crippen LogP contribution in [0.25, 0.3) is 0 Å². The summed E-state index contributed by atoms with van der Waals surface area (Å²) in [5.74, 6) is 0.257. The highest BCUT2D eigenvalue weighted by Gasteiger charge is 2.04. The van der Waals surface area contributed by atoms with Gasteiger partial charge in [0, 0.05) is 18.4 Å². The first-order valence-electron chi connectivity index (χ1n) is 5.86. The molecule has 0 bridgehead atoms. The van der Waals surface area contributed by atoms with Crippen molar-refractivity contribution in [2.45, 2.75) is 13.3 Å². The van der Waals surface area contributed by atoms with Gasteiger partial charge in [-0.25, -0.2) is 14.4 Å². The van der Waals surface area contributed by atoms with E-state index in [0.29, 0.717) is 11.5 Å². The summed E-state index contributed by atoms with van der Waals surface area (Å²) in [6.07, 6.45) is 4.02. The molecule has 0 amide bonds. The summed E-state index contributed by atoms with van der Waals surface area (Å²) >= 11 is 0. The molecule has 2 N–H and O–H groups in total. The molecule has 0 saturated heterocycles. The lowest BCUT2D eigenvalue weighted by molar-refractivity contribution is 0.632. The maximum atomic E-state index is 13.8. The highest BCUT2D eigenvalue weighted by atomic mass is 19.1. The van der Waals surface area contributed by atoms with E-state index in [-0.39, 0.29) is 5.82 Å². The summed E-state index contributed by atoms with van der Waals surface area (Å²) in [6, 6.07) is 6.68. The minimum Gasteiger partial charge on any atom is -0.385 e. The number of rotatable bonds is 5. The fourth-order valence-electron chi connectivity index (χ4n) is 1.50. The number of hydrogen-bond donors (Lipinski definition) is 2. The molecule has 1 heterocycles. The van der Waals surface area contributed by atoms with E-state index in [1.54, 1.807) is 18.3 Å². The first kappa shape index (κ1) is 12.3. The van der Waals surface area contributed by atoms with Crippen LogP contribution in [0.4, 0.5) is 21.6 Å². The molecule has 0 unspecified atom stereocenters. The predicted molar refractivity (Wildman–Crippen MR) is 70.5 cm³/mol. The van der Waals surface area contributed by atoms with E-state index < -0.39 is 0 Å². The van der Waals surface area contributed by atoms with Crippen molar-refractivity contribution in [3.8, 4) is 0 Å². The van der Waals surface area contributed by atoms with Crippen LogP contribution in [-0.2, 0) is 0 Å². The second-order valence-corrected chi connectivity index (χ2v) is 3.84. The number of nitrogens with one attached hydrogen (secondary N) is 2. The summed E-state index contributed by atoms with van der Waals surface area (Å²) in [7, 11) is 0. The van der Waals surface area contributed by atoms with E-state index in [0.717, 1.165) is 18.7 Å². The Hall–Kier alpha value is -2.17. The minimum atomic E-state index is -0.310. The van der Waals surface area contributed by atoms with Gasteiger partial charge in [0.05, 0.1) is 5.69 Å². The van der Waals surface area contributed by atoms with Crippen LogP contribution in [0.1, 0.15) is 13.3 Å². The van der Waals surface area contributed by atoms with Crippen LogP contribution in [-0.4, -0.2) is 16.5 Å². The molecule has 0 aliphatic carbocycles. The Morgan fingerprint density at radius 3 is 2.83 bits per heavy atom. The molecule has 0 spiro atoms. The number of benzene rings is 1. The van der Waals surface area contributed by atoms with Gasteiger partial charge < -0.3 is 10.6 Å². The maximum absolute atomic E-state index is 13.8. The lowest BCUT2D eigenvalue weighted by Gasteiger charge is -2.09. The average Bonchev–Trinajstić information content (AvgIpc) is 2.40. The zero-order valence-electron chi connectivity index (χ0n) is 10.2. The number of halogens is 1. The third kappa shape index (κ3) is 3.16. The lowest BCUT2D eigenvalue weighted by atomic mass is 10.2. The van der Waals surface area contributed by atoms with Crippen molar-refractivity contribution in [2.75, 3.05) is 17.2 Å². The molecule has 0 aliphatic heterocycles. The summed E-state index contributed by atoms with van der Waals surface area (Å²) < 4.78 is 13.8. The molecule has 1 aromatic carbocycles. The molecule has 0 fully saturated rings. The smallest absolute Gasteiger partial charge is 0.148 e. The predicted octanol–water partition coefficient (Wildman–Crippen LogP) is 3.18. The van der Waals surface area contributed by atoms with Crippen LogP contribution in [0, 0.1) is 5.82 Å².